The van der Waals surface area contributed by atoms with Gasteiger partial charge >= 0.3 is 0 Å². The van der Waals surface area contributed by atoms with Gasteiger partial charge in [0.05, 0.1) is 17.2 Å². The Morgan fingerprint density at radius 2 is 2.25 bits per heavy atom. The van der Waals surface area contributed by atoms with Gasteiger partial charge in [-0.15, -0.1) is 0 Å². The Morgan fingerprint density at radius 1 is 1.50 bits per heavy atom. The minimum absolute atomic E-state index is 0.0680. The first-order valence-electron chi connectivity index (χ1n) is 5.16. The molecule has 0 amide bonds. The molecule has 0 saturated carbocycles. The first kappa shape index (κ1) is 11.2. The number of hydrogen-bond acceptors (Lipinski definition) is 5. The van der Waals surface area contributed by atoms with Crippen LogP contribution < -0.4 is 11.1 Å². The Morgan fingerprint density at radius 3 is 2.88 bits per heavy atom. The highest BCUT2D eigenvalue weighted by Crippen LogP contribution is 2.20. The number of pyridine rings is 1. The Bertz CT molecular complexity index is 499. The second kappa shape index (κ2) is 3.93. The molecule has 1 saturated heterocycles. The van der Waals surface area contributed by atoms with E-state index >= 15 is 0 Å². The Labute approximate surface area is 95.0 Å². The summed E-state index contributed by atoms with van der Waals surface area (Å²) >= 11 is 0. The topological polar surface area (TPSA) is 85.1 Å². The van der Waals surface area contributed by atoms with Crippen LogP contribution >= 0.6 is 0 Å². The lowest BCUT2D eigenvalue weighted by molar-refractivity contribution is 0.602. The molecule has 1 fully saturated rings. The van der Waals surface area contributed by atoms with Gasteiger partial charge in [-0.3, -0.25) is 0 Å². The maximum Gasteiger partial charge on any atom is 0.152 e. The zero-order chi connectivity index (χ0) is 11.8. The quantitative estimate of drug-likeness (QED) is 0.790. The molecule has 1 aliphatic heterocycles. The average Bonchev–Trinajstić information content (AvgIpc) is 2.52. The Balaban J connectivity index is 2.13. The van der Waals surface area contributed by atoms with Crippen LogP contribution in [-0.2, 0) is 9.84 Å². The summed E-state index contributed by atoms with van der Waals surface area (Å²) in [6, 6.07) is 3.53. The number of rotatable bonds is 2. The number of hydrogen-bond donors (Lipinski definition) is 2. The van der Waals surface area contributed by atoms with Crippen molar-refractivity contribution < 1.29 is 8.42 Å². The third kappa shape index (κ3) is 2.44. The number of aryl methyl sites for hydroxylation is 1. The molecule has 0 aliphatic carbocycles. The van der Waals surface area contributed by atoms with E-state index in [1.807, 2.05) is 13.0 Å². The van der Waals surface area contributed by atoms with Crippen molar-refractivity contribution in [2.24, 2.45) is 0 Å². The summed E-state index contributed by atoms with van der Waals surface area (Å²) in [5.41, 5.74) is 7.17. The predicted octanol–water partition coefficient (Wildman–Crippen LogP) is 0.571. The van der Waals surface area contributed by atoms with Gasteiger partial charge in [0, 0.05) is 11.7 Å². The van der Waals surface area contributed by atoms with E-state index in [9.17, 15) is 8.42 Å². The summed E-state index contributed by atoms with van der Waals surface area (Å²) < 4.78 is 22.6. The average molecular weight is 241 g/mol. The van der Waals surface area contributed by atoms with Gasteiger partial charge in [0.25, 0.3) is 0 Å². The second-order valence-corrected chi connectivity index (χ2v) is 6.36. The number of nitrogen functional groups attached to an aromatic ring is 1. The molecule has 88 valence electrons. The molecule has 2 rings (SSSR count). The highest BCUT2D eigenvalue weighted by molar-refractivity contribution is 7.91. The van der Waals surface area contributed by atoms with Crippen LogP contribution in [-0.4, -0.2) is 30.9 Å². The summed E-state index contributed by atoms with van der Waals surface area (Å²) in [6.45, 7) is 1.87. The molecule has 1 aliphatic rings. The summed E-state index contributed by atoms with van der Waals surface area (Å²) in [7, 11) is -2.87. The lowest BCUT2D eigenvalue weighted by Gasteiger charge is -2.13. The van der Waals surface area contributed by atoms with Crippen LogP contribution in [0.3, 0.4) is 0 Å². The zero-order valence-corrected chi connectivity index (χ0v) is 9.92. The van der Waals surface area contributed by atoms with Crippen LogP contribution in [0.2, 0.25) is 0 Å². The van der Waals surface area contributed by atoms with Crippen LogP contribution in [0.15, 0.2) is 12.1 Å². The van der Waals surface area contributed by atoms with E-state index in [-0.39, 0.29) is 17.5 Å². The molecule has 16 heavy (non-hydrogen) atoms. The maximum absolute atomic E-state index is 11.3. The summed E-state index contributed by atoms with van der Waals surface area (Å²) in [5.74, 6) is 1.00. The SMILES string of the molecule is Cc1ccc(N)c(NC2CCS(=O)(=O)C2)n1. The third-order valence-electron chi connectivity index (χ3n) is 2.64. The van der Waals surface area contributed by atoms with Gasteiger partial charge in [-0.1, -0.05) is 0 Å². The van der Waals surface area contributed by atoms with Crippen molar-refractivity contribution in [2.75, 3.05) is 22.6 Å². The maximum atomic E-state index is 11.3. The molecule has 0 spiro atoms. The van der Waals surface area contributed by atoms with Gasteiger partial charge in [-0.05, 0) is 25.5 Å². The molecule has 0 aromatic carbocycles. The van der Waals surface area contributed by atoms with Crippen LogP contribution in [0.1, 0.15) is 12.1 Å². The monoisotopic (exact) mass is 241 g/mol. The third-order valence-corrected chi connectivity index (χ3v) is 4.41. The fraction of sp³-hybridized carbons (Fsp3) is 0.500. The first-order valence-corrected chi connectivity index (χ1v) is 6.98. The predicted molar refractivity (Wildman–Crippen MR) is 64.1 cm³/mol. The smallest absolute Gasteiger partial charge is 0.152 e. The number of sulfone groups is 1. The van der Waals surface area contributed by atoms with Gasteiger partial charge in [0.1, 0.15) is 5.82 Å². The van der Waals surface area contributed by atoms with Crippen molar-refractivity contribution in [1.82, 2.24) is 4.98 Å². The van der Waals surface area contributed by atoms with E-state index < -0.39 is 9.84 Å². The number of nitrogens with zero attached hydrogens (tertiary/aromatic N) is 1. The molecule has 1 aromatic heterocycles. The van der Waals surface area contributed by atoms with E-state index in [2.05, 4.69) is 10.3 Å². The minimum atomic E-state index is -2.87. The number of anilines is 2. The van der Waals surface area contributed by atoms with Crippen LogP contribution in [0.25, 0.3) is 0 Å². The van der Waals surface area contributed by atoms with E-state index in [1.165, 1.54) is 0 Å². The molecule has 0 bridgehead atoms. The van der Waals surface area contributed by atoms with E-state index in [4.69, 9.17) is 5.73 Å². The number of aromatic nitrogens is 1. The molecule has 3 N–H and O–H groups in total. The van der Waals surface area contributed by atoms with Crippen LogP contribution in [0.5, 0.6) is 0 Å². The Hall–Kier alpha value is -1.30. The lowest BCUT2D eigenvalue weighted by atomic mass is 10.2. The summed E-state index contributed by atoms with van der Waals surface area (Å²) in [4.78, 5) is 4.25. The molecule has 6 heteroatoms. The van der Waals surface area contributed by atoms with Crippen molar-refractivity contribution in [3.8, 4) is 0 Å². The zero-order valence-electron chi connectivity index (χ0n) is 9.10. The van der Waals surface area contributed by atoms with Gasteiger partial charge in [-0.25, -0.2) is 13.4 Å². The van der Waals surface area contributed by atoms with E-state index in [0.29, 0.717) is 17.9 Å². The van der Waals surface area contributed by atoms with Crippen molar-refractivity contribution in [3.63, 3.8) is 0 Å². The van der Waals surface area contributed by atoms with E-state index in [1.54, 1.807) is 6.07 Å². The second-order valence-electron chi connectivity index (χ2n) is 4.13. The Kier molecular flexibility index (Phi) is 2.75. The van der Waals surface area contributed by atoms with Crippen LogP contribution in [0, 0.1) is 6.92 Å². The molecule has 2 heterocycles. The van der Waals surface area contributed by atoms with Gasteiger partial charge in [0.15, 0.2) is 9.84 Å². The van der Waals surface area contributed by atoms with E-state index in [0.717, 1.165) is 5.69 Å². The summed E-state index contributed by atoms with van der Waals surface area (Å²) in [6.07, 6.45) is 0.622. The highest BCUT2D eigenvalue weighted by atomic mass is 32.2. The molecule has 5 nitrogen and oxygen atoms in total. The largest absolute Gasteiger partial charge is 0.396 e. The molecule has 1 atom stereocenters. The fourth-order valence-corrected chi connectivity index (χ4v) is 3.46. The molecule has 0 radical (unpaired) electrons. The standard InChI is InChI=1S/C10H15N3O2S/c1-7-2-3-9(11)10(12-7)13-8-4-5-16(14,15)6-8/h2-3,8H,4-6,11H2,1H3,(H,12,13). The number of nitrogens with two attached hydrogens (primary N) is 1. The van der Waals surface area contributed by atoms with Crippen molar-refractivity contribution in [3.05, 3.63) is 17.8 Å². The van der Waals surface area contributed by atoms with Gasteiger partial charge < -0.3 is 11.1 Å². The molecule has 1 aromatic rings. The normalized spacial score (nSPS) is 23.2. The highest BCUT2D eigenvalue weighted by Gasteiger charge is 2.28. The van der Waals surface area contributed by atoms with Crippen LogP contribution in [0.4, 0.5) is 11.5 Å². The molecule has 1 unspecified atom stereocenters. The van der Waals surface area contributed by atoms with Crippen molar-refractivity contribution >= 4 is 21.3 Å². The van der Waals surface area contributed by atoms with Crippen molar-refractivity contribution in [1.29, 1.82) is 0 Å². The van der Waals surface area contributed by atoms with Gasteiger partial charge in [-0.2, -0.15) is 0 Å². The summed E-state index contributed by atoms with van der Waals surface area (Å²) in [5, 5.41) is 3.09. The first-order chi connectivity index (χ1) is 7.46. The van der Waals surface area contributed by atoms with Crippen molar-refractivity contribution in [2.45, 2.75) is 19.4 Å². The minimum Gasteiger partial charge on any atom is -0.396 e. The van der Waals surface area contributed by atoms with Gasteiger partial charge in [0.2, 0.25) is 0 Å². The fourth-order valence-electron chi connectivity index (χ4n) is 1.79. The molecular formula is C10H15N3O2S. The molecular weight excluding hydrogens is 226 g/mol. The number of nitrogens with one attached hydrogen (secondary N) is 1. The lowest BCUT2D eigenvalue weighted by Crippen LogP contribution is -2.22.